The van der Waals surface area contributed by atoms with Crippen molar-refractivity contribution < 1.29 is 9.59 Å². The number of hydrogen-bond donors (Lipinski definition) is 1. The summed E-state index contributed by atoms with van der Waals surface area (Å²) in [5.74, 6) is -0.229. The molecule has 0 saturated carbocycles. The Morgan fingerprint density at radius 2 is 2.04 bits per heavy atom. The number of nitrogens with one attached hydrogen (secondary N) is 1. The average Bonchev–Trinajstić information content (AvgIpc) is 3.31. The van der Waals surface area contributed by atoms with E-state index in [1.165, 1.54) is 9.91 Å². The molecule has 0 aliphatic carbocycles. The maximum Gasteiger partial charge on any atom is 0.317 e. The second-order valence-electron chi connectivity index (χ2n) is 6.99. The van der Waals surface area contributed by atoms with E-state index in [1.54, 1.807) is 18.4 Å². The maximum absolute atomic E-state index is 13.0. The molecule has 3 amide bonds. The lowest BCUT2D eigenvalue weighted by Gasteiger charge is -2.25. The second-order valence-corrected chi connectivity index (χ2v) is 8.38. The minimum Gasteiger partial charge on any atom is -0.336 e. The van der Waals surface area contributed by atoms with Gasteiger partial charge in [-0.05, 0) is 43.0 Å². The van der Waals surface area contributed by atoms with Crippen LogP contribution in [0, 0.1) is 0 Å². The predicted octanol–water partition coefficient (Wildman–Crippen LogP) is 4.13. The summed E-state index contributed by atoms with van der Waals surface area (Å²) in [6.45, 7) is 3.70. The van der Waals surface area contributed by atoms with Crippen molar-refractivity contribution in [1.29, 1.82) is 0 Å². The van der Waals surface area contributed by atoms with Gasteiger partial charge in [-0.3, -0.25) is 4.79 Å². The molecule has 28 heavy (non-hydrogen) atoms. The van der Waals surface area contributed by atoms with Crippen LogP contribution in [0.5, 0.6) is 0 Å². The molecule has 2 aromatic rings. The predicted molar refractivity (Wildman–Crippen MR) is 113 cm³/mol. The normalized spacial score (nSPS) is 16.2. The van der Waals surface area contributed by atoms with Crippen molar-refractivity contribution >= 4 is 40.6 Å². The molecule has 148 valence electrons. The molecule has 1 atom stereocenters. The Morgan fingerprint density at radius 3 is 2.64 bits per heavy atom. The van der Waals surface area contributed by atoms with Crippen LogP contribution in [0.25, 0.3) is 0 Å². The maximum atomic E-state index is 13.0. The number of likely N-dealkylation sites (N-methyl/N-ethyl adjacent to an activating group) is 1. The lowest BCUT2D eigenvalue weighted by Crippen LogP contribution is -2.45. The summed E-state index contributed by atoms with van der Waals surface area (Å²) in [6.07, 6.45) is 0.621. The molecule has 0 spiro atoms. The van der Waals surface area contributed by atoms with Crippen LogP contribution in [0.1, 0.15) is 36.8 Å². The van der Waals surface area contributed by atoms with E-state index in [0.717, 1.165) is 16.2 Å². The van der Waals surface area contributed by atoms with E-state index in [2.05, 4.69) is 10.4 Å². The minimum absolute atomic E-state index is 0.00195. The monoisotopic (exact) mass is 418 g/mol. The van der Waals surface area contributed by atoms with Gasteiger partial charge in [0.2, 0.25) is 0 Å². The fourth-order valence-electron chi connectivity index (χ4n) is 2.98. The van der Waals surface area contributed by atoms with E-state index in [9.17, 15) is 9.59 Å². The molecule has 8 heteroatoms. The summed E-state index contributed by atoms with van der Waals surface area (Å²) >= 11 is 7.61. The van der Waals surface area contributed by atoms with Gasteiger partial charge in [0.25, 0.3) is 5.91 Å². The van der Waals surface area contributed by atoms with Gasteiger partial charge in [-0.25, -0.2) is 9.80 Å². The lowest BCUT2D eigenvalue weighted by atomic mass is 10.0. The number of nitrogens with zero attached hydrogens (tertiary/aromatic N) is 3. The van der Waals surface area contributed by atoms with Gasteiger partial charge < -0.3 is 10.2 Å². The van der Waals surface area contributed by atoms with E-state index in [4.69, 9.17) is 11.6 Å². The van der Waals surface area contributed by atoms with Crippen LogP contribution >= 0.6 is 22.9 Å². The molecule has 2 heterocycles. The van der Waals surface area contributed by atoms with Crippen LogP contribution in [0.3, 0.4) is 0 Å². The molecule has 0 saturated heterocycles. The average molecular weight is 419 g/mol. The number of halogens is 1. The number of hydrazone groups is 1. The zero-order chi connectivity index (χ0) is 20.3. The Balaban J connectivity index is 1.81. The molecular formula is C20H23ClN4O2S. The molecule has 0 unspecified atom stereocenters. The first-order valence-electron chi connectivity index (χ1n) is 9.05. The second kappa shape index (κ2) is 8.75. The summed E-state index contributed by atoms with van der Waals surface area (Å²) in [6, 6.07) is 10.9. The zero-order valence-corrected chi connectivity index (χ0v) is 17.6. The molecule has 0 bridgehead atoms. The molecule has 1 N–H and O–H groups in total. The highest BCUT2D eigenvalue weighted by molar-refractivity contribution is 7.12. The molecule has 1 aromatic carbocycles. The Hall–Kier alpha value is -2.38. The van der Waals surface area contributed by atoms with Crippen molar-refractivity contribution in [2.75, 3.05) is 13.6 Å². The quantitative estimate of drug-likeness (QED) is 0.793. The van der Waals surface area contributed by atoms with Crippen LogP contribution in [0.15, 0.2) is 46.9 Å². The third-order valence-corrected chi connectivity index (χ3v) is 5.53. The van der Waals surface area contributed by atoms with Crippen molar-refractivity contribution in [2.45, 2.75) is 32.4 Å². The molecule has 3 rings (SSSR count). The Labute approximate surface area is 173 Å². The third kappa shape index (κ3) is 4.72. The number of benzene rings is 1. The van der Waals surface area contributed by atoms with Crippen molar-refractivity contribution in [3.63, 3.8) is 0 Å². The molecule has 1 aliphatic rings. The van der Waals surface area contributed by atoms with Gasteiger partial charge in [-0.15, -0.1) is 11.3 Å². The van der Waals surface area contributed by atoms with Gasteiger partial charge in [0.05, 0.1) is 16.6 Å². The number of carbonyl (C=O) groups is 2. The summed E-state index contributed by atoms with van der Waals surface area (Å²) in [7, 11) is 1.60. The lowest BCUT2D eigenvalue weighted by molar-refractivity contribution is -0.133. The first-order chi connectivity index (χ1) is 13.3. The minimum atomic E-state index is -0.284. The van der Waals surface area contributed by atoms with Crippen molar-refractivity contribution in [2.24, 2.45) is 5.10 Å². The van der Waals surface area contributed by atoms with Gasteiger partial charge in [0.15, 0.2) is 0 Å². The number of carbonyl (C=O) groups excluding carboxylic acids is 2. The molecule has 1 aromatic heterocycles. The van der Waals surface area contributed by atoms with E-state index in [-0.39, 0.29) is 30.6 Å². The van der Waals surface area contributed by atoms with Crippen molar-refractivity contribution in [3.05, 3.63) is 57.2 Å². The van der Waals surface area contributed by atoms with Crippen LogP contribution in [-0.4, -0.2) is 47.2 Å². The molecule has 0 fully saturated rings. The topological polar surface area (TPSA) is 65.0 Å². The number of rotatable bonds is 5. The van der Waals surface area contributed by atoms with E-state index >= 15 is 0 Å². The highest BCUT2D eigenvalue weighted by Gasteiger charge is 2.34. The number of thiophene rings is 1. The molecule has 1 aliphatic heterocycles. The Bertz CT molecular complexity index is 865. The zero-order valence-electron chi connectivity index (χ0n) is 16.1. The number of hydrogen-bond acceptors (Lipinski definition) is 4. The standard InChI is InChI=1S/C20H23ClN4O2S/c1-13(2)22-20(27)24(3)12-19(26)25-17(14-6-8-15(21)9-7-14)11-16(23-25)18-5-4-10-28-18/h4-10,13,17H,11-12H2,1-3H3,(H,22,27)/t17-/m0/s1. The van der Waals surface area contributed by atoms with E-state index in [0.29, 0.717) is 11.4 Å². The van der Waals surface area contributed by atoms with Gasteiger partial charge in [0.1, 0.15) is 6.54 Å². The highest BCUT2D eigenvalue weighted by atomic mass is 35.5. The highest BCUT2D eigenvalue weighted by Crippen LogP contribution is 2.34. The molecule has 0 radical (unpaired) electrons. The van der Waals surface area contributed by atoms with Crippen molar-refractivity contribution in [1.82, 2.24) is 15.2 Å². The number of amides is 3. The summed E-state index contributed by atoms with van der Waals surface area (Å²) < 4.78 is 0. The molecular weight excluding hydrogens is 396 g/mol. The van der Waals surface area contributed by atoms with E-state index in [1.807, 2.05) is 55.6 Å². The molecule has 6 nitrogen and oxygen atoms in total. The van der Waals surface area contributed by atoms with Crippen LogP contribution < -0.4 is 5.32 Å². The summed E-state index contributed by atoms with van der Waals surface area (Å²) in [4.78, 5) is 27.5. The first kappa shape index (κ1) is 20.4. The SMILES string of the molecule is CC(C)NC(=O)N(C)CC(=O)N1N=C(c2cccs2)C[C@H]1c1ccc(Cl)cc1. The van der Waals surface area contributed by atoms with Gasteiger partial charge in [-0.2, -0.15) is 5.10 Å². The number of urea groups is 1. The van der Waals surface area contributed by atoms with Gasteiger partial charge in [0, 0.05) is 24.5 Å². The van der Waals surface area contributed by atoms with Crippen molar-refractivity contribution in [3.8, 4) is 0 Å². The van der Waals surface area contributed by atoms with Gasteiger partial charge >= 0.3 is 6.03 Å². The fraction of sp³-hybridized carbons (Fsp3) is 0.350. The largest absolute Gasteiger partial charge is 0.336 e. The first-order valence-corrected chi connectivity index (χ1v) is 10.3. The Morgan fingerprint density at radius 1 is 1.32 bits per heavy atom. The van der Waals surface area contributed by atoms with Crippen LogP contribution in [0.2, 0.25) is 5.02 Å². The van der Waals surface area contributed by atoms with E-state index < -0.39 is 0 Å². The van der Waals surface area contributed by atoms with Crippen LogP contribution in [0.4, 0.5) is 4.79 Å². The van der Waals surface area contributed by atoms with Crippen LogP contribution in [-0.2, 0) is 4.79 Å². The fourth-order valence-corrected chi connectivity index (χ4v) is 3.83. The smallest absolute Gasteiger partial charge is 0.317 e. The summed E-state index contributed by atoms with van der Waals surface area (Å²) in [5.41, 5.74) is 1.83. The third-order valence-electron chi connectivity index (χ3n) is 4.36. The Kier molecular flexibility index (Phi) is 6.36. The summed E-state index contributed by atoms with van der Waals surface area (Å²) in [5, 5.41) is 11.5. The van der Waals surface area contributed by atoms with Gasteiger partial charge in [-0.1, -0.05) is 29.8 Å².